The van der Waals surface area contributed by atoms with Crippen molar-refractivity contribution in [3.63, 3.8) is 0 Å². The number of carbonyl (C=O) groups is 1. The van der Waals surface area contributed by atoms with Gasteiger partial charge in [0.1, 0.15) is 0 Å². The van der Waals surface area contributed by atoms with Crippen molar-refractivity contribution in [1.82, 2.24) is 20.5 Å². The fourth-order valence-corrected chi connectivity index (χ4v) is 4.29. The Morgan fingerprint density at radius 3 is 2.41 bits per heavy atom. The second-order valence-corrected chi connectivity index (χ2v) is 9.62. The first-order valence-corrected chi connectivity index (χ1v) is 10.4. The molecule has 0 radical (unpaired) electrons. The molecule has 1 fully saturated rings. The number of morpholine rings is 1. The Morgan fingerprint density at radius 1 is 1.19 bits per heavy atom. The normalized spacial score (nSPS) is 15.9. The van der Waals surface area contributed by atoms with Crippen molar-refractivity contribution < 1.29 is 17.9 Å². The van der Waals surface area contributed by atoms with Crippen LogP contribution in [0.5, 0.6) is 0 Å². The molecular weight excluding hydrogens is 388 g/mol. The minimum atomic E-state index is -3.68. The topological polar surface area (TPSA) is 99.8 Å². The summed E-state index contributed by atoms with van der Waals surface area (Å²) in [5.74, 6) is -0.468. The molecule has 0 spiro atoms. The molecule has 0 aromatic heterocycles. The fraction of sp³-hybridized carbons (Fsp3) is 0.529. The highest BCUT2D eigenvalue weighted by molar-refractivity contribution is 7.89. The third kappa shape index (κ3) is 5.86. The number of hydrogen-bond acceptors (Lipinski definition) is 5. The zero-order valence-corrected chi connectivity index (χ0v) is 17.6. The Hall–Kier alpha value is -1.75. The van der Waals surface area contributed by atoms with Crippen LogP contribution in [0.25, 0.3) is 0 Å². The molecule has 1 aliphatic rings. The van der Waals surface area contributed by atoms with Crippen LogP contribution in [0.3, 0.4) is 0 Å². The van der Waals surface area contributed by atoms with Gasteiger partial charge in [-0.05, 0) is 57.6 Å². The number of sulfonamides is 1. The van der Waals surface area contributed by atoms with Crippen LogP contribution >= 0.6 is 12.2 Å². The van der Waals surface area contributed by atoms with Crippen molar-refractivity contribution in [2.75, 3.05) is 26.3 Å². The summed E-state index contributed by atoms with van der Waals surface area (Å²) in [5, 5.41) is 3.28. The average molecular weight is 415 g/mol. The molecule has 0 atom stereocenters. The zero-order chi connectivity index (χ0) is 20.2. The smallest absolute Gasteiger partial charge is 0.269 e. The van der Waals surface area contributed by atoms with Gasteiger partial charge in [-0.3, -0.25) is 15.6 Å². The van der Waals surface area contributed by atoms with Crippen molar-refractivity contribution >= 4 is 33.3 Å². The highest BCUT2D eigenvalue weighted by Gasteiger charge is 2.27. The van der Waals surface area contributed by atoms with E-state index in [0.717, 1.165) is 0 Å². The zero-order valence-electron chi connectivity index (χ0n) is 16.0. The van der Waals surface area contributed by atoms with Gasteiger partial charge in [0, 0.05) is 24.2 Å². The van der Waals surface area contributed by atoms with E-state index in [-0.39, 0.29) is 21.1 Å². The van der Waals surface area contributed by atoms with Gasteiger partial charge < -0.3 is 10.1 Å². The summed E-state index contributed by atoms with van der Waals surface area (Å²) in [4.78, 5) is 12.6. The van der Waals surface area contributed by atoms with E-state index in [1.807, 2.05) is 20.8 Å². The number of hydrazine groups is 1. The summed E-state index contributed by atoms with van der Waals surface area (Å²) >= 11 is 5.12. The molecule has 1 aromatic rings. The van der Waals surface area contributed by atoms with Gasteiger partial charge in [-0.25, -0.2) is 8.42 Å². The second kappa shape index (κ2) is 8.51. The minimum absolute atomic E-state index is 0.0792. The molecule has 1 aliphatic heterocycles. The Balaban J connectivity index is 2.14. The van der Waals surface area contributed by atoms with Crippen LogP contribution < -0.4 is 16.2 Å². The maximum Gasteiger partial charge on any atom is 0.269 e. The highest BCUT2D eigenvalue weighted by Crippen LogP contribution is 2.20. The molecule has 0 unspecified atom stereocenters. The van der Waals surface area contributed by atoms with E-state index >= 15 is 0 Å². The number of nitrogens with zero attached hydrogens (tertiary/aromatic N) is 1. The molecule has 1 heterocycles. The molecular formula is C17H26N4O4S2. The number of hydrogen-bond donors (Lipinski definition) is 3. The van der Waals surface area contributed by atoms with E-state index in [1.165, 1.54) is 16.4 Å². The Bertz CT molecular complexity index is 813. The number of thiocarbonyl (C=S) groups is 1. The number of ether oxygens (including phenoxy) is 1. The summed E-state index contributed by atoms with van der Waals surface area (Å²) in [7, 11) is -3.68. The molecule has 0 aliphatic carbocycles. The predicted molar refractivity (Wildman–Crippen MR) is 107 cm³/mol. The van der Waals surface area contributed by atoms with E-state index in [9.17, 15) is 13.2 Å². The lowest BCUT2D eigenvalue weighted by Crippen LogP contribution is -2.52. The van der Waals surface area contributed by atoms with E-state index in [0.29, 0.717) is 31.9 Å². The fourth-order valence-electron chi connectivity index (χ4n) is 2.49. The first-order valence-electron chi connectivity index (χ1n) is 8.58. The van der Waals surface area contributed by atoms with Crippen LogP contribution in [-0.2, 0) is 14.8 Å². The molecule has 1 aromatic carbocycles. The van der Waals surface area contributed by atoms with Crippen LogP contribution in [-0.4, -0.2) is 55.6 Å². The van der Waals surface area contributed by atoms with E-state index in [1.54, 1.807) is 13.0 Å². The first-order chi connectivity index (χ1) is 12.5. The number of aryl methyl sites for hydroxylation is 1. The van der Waals surface area contributed by atoms with E-state index in [4.69, 9.17) is 17.0 Å². The van der Waals surface area contributed by atoms with Crippen molar-refractivity contribution in [1.29, 1.82) is 0 Å². The monoisotopic (exact) mass is 414 g/mol. The molecule has 0 saturated carbocycles. The quantitative estimate of drug-likeness (QED) is 0.500. The minimum Gasteiger partial charge on any atom is -0.379 e. The van der Waals surface area contributed by atoms with Gasteiger partial charge in [-0.15, -0.1) is 0 Å². The van der Waals surface area contributed by atoms with Crippen LogP contribution in [0.2, 0.25) is 0 Å². The average Bonchev–Trinajstić information content (AvgIpc) is 2.59. The maximum absolute atomic E-state index is 12.8. The standard InChI is InChI=1S/C17H26N4O4S2/c1-12-5-6-13(27(23,24)21-7-9-25-10-8-21)11-14(12)15(22)19-20-16(26)18-17(2,3)4/h5-6,11H,7-10H2,1-4H3,(H,19,22)(H2,18,20,26). The summed E-state index contributed by atoms with van der Waals surface area (Å²) in [6.45, 7) is 8.87. The van der Waals surface area contributed by atoms with Crippen LogP contribution in [0.15, 0.2) is 23.1 Å². The van der Waals surface area contributed by atoms with Gasteiger partial charge in [0.15, 0.2) is 5.11 Å². The third-order valence-corrected chi connectivity index (χ3v) is 5.94. The lowest BCUT2D eigenvalue weighted by Gasteiger charge is -2.26. The van der Waals surface area contributed by atoms with Gasteiger partial charge in [-0.2, -0.15) is 4.31 Å². The number of benzene rings is 1. The SMILES string of the molecule is Cc1ccc(S(=O)(=O)N2CCOCC2)cc1C(=O)NNC(=S)NC(C)(C)C. The van der Waals surface area contributed by atoms with Crippen molar-refractivity contribution in [2.45, 2.75) is 38.1 Å². The summed E-state index contributed by atoms with van der Waals surface area (Å²) < 4.78 is 32.1. The molecule has 8 nitrogen and oxygen atoms in total. The summed E-state index contributed by atoms with van der Waals surface area (Å²) in [6.07, 6.45) is 0. The highest BCUT2D eigenvalue weighted by atomic mass is 32.2. The summed E-state index contributed by atoms with van der Waals surface area (Å²) in [5.41, 5.74) is 5.79. The Labute approximate surface area is 165 Å². The molecule has 3 N–H and O–H groups in total. The van der Waals surface area contributed by atoms with Crippen LogP contribution in [0.1, 0.15) is 36.7 Å². The third-order valence-electron chi connectivity index (χ3n) is 3.84. The first kappa shape index (κ1) is 21.5. The van der Waals surface area contributed by atoms with Gasteiger partial charge in [0.2, 0.25) is 10.0 Å². The maximum atomic E-state index is 12.8. The largest absolute Gasteiger partial charge is 0.379 e. The van der Waals surface area contributed by atoms with Gasteiger partial charge >= 0.3 is 0 Å². The number of amides is 1. The Kier molecular flexibility index (Phi) is 6.79. The second-order valence-electron chi connectivity index (χ2n) is 7.28. The molecule has 0 bridgehead atoms. The lowest BCUT2D eigenvalue weighted by atomic mass is 10.1. The molecule has 1 saturated heterocycles. The van der Waals surface area contributed by atoms with E-state index in [2.05, 4.69) is 16.2 Å². The molecule has 1 amide bonds. The van der Waals surface area contributed by atoms with Crippen molar-refractivity contribution in [3.8, 4) is 0 Å². The van der Waals surface area contributed by atoms with Gasteiger partial charge in [0.25, 0.3) is 5.91 Å². The molecule has 150 valence electrons. The predicted octanol–water partition coefficient (Wildman–Crippen LogP) is 0.923. The van der Waals surface area contributed by atoms with E-state index < -0.39 is 15.9 Å². The van der Waals surface area contributed by atoms with Crippen molar-refractivity contribution in [2.24, 2.45) is 0 Å². The van der Waals surface area contributed by atoms with Gasteiger partial charge in [0.05, 0.1) is 18.1 Å². The van der Waals surface area contributed by atoms with Gasteiger partial charge in [-0.1, -0.05) is 6.07 Å². The summed E-state index contributed by atoms with van der Waals surface area (Å²) in [6, 6.07) is 4.52. The Morgan fingerprint density at radius 2 is 1.81 bits per heavy atom. The molecule has 27 heavy (non-hydrogen) atoms. The van der Waals surface area contributed by atoms with Crippen molar-refractivity contribution in [3.05, 3.63) is 29.3 Å². The van der Waals surface area contributed by atoms with Crippen LogP contribution in [0.4, 0.5) is 0 Å². The molecule has 10 heteroatoms. The number of nitrogens with one attached hydrogen (secondary N) is 3. The number of rotatable bonds is 3. The lowest BCUT2D eigenvalue weighted by molar-refractivity contribution is 0.0730. The van der Waals surface area contributed by atoms with Crippen LogP contribution in [0, 0.1) is 6.92 Å². The molecule has 2 rings (SSSR count). The number of carbonyl (C=O) groups excluding carboxylic acids is 1.